The maximum atomic E-state index is 4.44. The number of nitrogens with zero attached hydrogens (tertiary/aromatic N) is 4. The summed E-state index contributed by atoms with van der Waals surface area (Å²) in [5.41, 5.74) is 13.9. The first kappa shape index (κ1) is 34.4. The van der Waals surface area contributed by atoms with Crippen molar-refractivity contribution in [1.82, 2.24) is 19.1 Å². The fourth-order valence-electron chi connectivity index (χ4n) is 7.60. The van der Waals surface area contributed by atoms with Crippen molar-refractivity contribution in [1.29, 1.82) is 0 Å². The molecule has 0 N–H and O–H groups in total. The van der Waals surface area contributed by atoms with Crippen LogP contribution in [0.3, 0.4) is 0 Å². The van der Waals surface area contributed by atoms with Gasteiger partial charge in [0.2, 0.25) is 0 Å². The molecule has 0 aliphatic rings. The number of hydrogen-bond donors (Lipinski definition) is 0. The first-order chi connectivity index (χ1) is 25.1. The minimum absolute atomic E-state index is 0.186. The second-order valence-electron chi connectivity index (χ2n) is 14.6. The Labute approximate surface area is 307 Å². The van der Waals surface area contributed by atoms with Crippen LogP contribution in [-0.2, 0) is 10.8 Å². The van der Waals surface area contributed by atoms with E-state index in [1.807, 2.05) is 49.1 Å². The van der Waals surface area contributed by atoms with E-state index < -0.39 is 0 Å². The molecular formula is C48H46N4. The zero-order valence-electron chi connectivity index (χ0n) is 31.1. The van der Waals surface area contributed by atoms with Crippen LogP contribution in [0.2, 0.25) is 0 Å². The summed E-state index contributed by atoms with van der Waals surface area (Å²) in [7, 11) is 0. The molecule has 0 spiro atoms. The zero-order valence-corrected chi connectivity index (χ0v) is 31.1. The molecule has 0 unspecified atom stereocenters. The van der Waals surface area contributed by atoms with Crippen molar-refractivity contribution in [3.63, 3.8) is 0 Å². The van der Waals surface area contributed by atoms with Crippen LogP contribution < -0.4 is 0 Å². The van der Waals surface area contributed by atoms with Gasteiger partial charge in [-0.05, 0) is 95.8 Å². The summed E-state index contributed by atoms with van der Waals surface area (Å²) in [4.78, 5) is 8.88. The second kappa shape index (κ2) is 13.6. The lowest BCUT2D eigenvalue weighted by atomic mass is 9.74. The number of pyridine rings is 2. The second-order valence-corrected chi connectivity index (χ2v) is 14.6. The third-order valence-electron chi connectivity index (χ3n) is 10.9. The molecule has 0 fully saturated rings. The standard InChI is InChI=1S/C48H46N4/c1-9-11-13-43-33(3)41-27-29-49-31-45(41)51(43)39-23-19-37(20-24-39)47(5,6)35-15-17-36(18-16-35)48(7,8)38-21-25-40(26-22-38)52-44(14-12-10-2)34(4)42-28-30-50-32-46(42)52/h9-32H,1-2H2,3-8H3/b13-11-,14-12-. The predicted octanol–water partition coefficient (Wildman–Crippen LogP) is 12.0. The molecule has 52 heavy (non-hydrogen) atoms. The van der Waals surface area contributed by atoms with Crippen LogP contribution in [0.25, 0.3) is 45.3 Å². The molecular weight excluding hydrogens is 633 g/mol. The first-order valence-corrected chi connectivity index (χ1v) is 17.9. The summed E-state index contributed by atoms with van der Waals surface area (Å²) >= 11 is 0. The average molecular weight is 679 g/mol. The number of aryl methyl sites for hydroxylation is 2. The Kier molecular flexibility index (Phi) is 9.02. The number of rotatable bonds is 10. The van der Waals surface area contributed by atoms with Gasteiger partial charge in [-0.3, -0.25) is 9.97 Å². The van der Waals surface area contributed by atoms with Gasteiger partial charge in [-0.15, -0.1) is 0 Å². The Morgan fingerprint density at radius 3 is 1.15 bits per heavy atom. The molecule has 4 heteroatoms. The Bertz CT molecular complexity index is 2300. The number of allylic oxidation sites excluding steroid dienone is 4. The molecule has 4 aromatic heterocycles. The Morgan fingerprint density at radius 1 is 0.500 bits per heavy atom. The van der Waals surface area contributed by atoms with Crippen molar-refractivity contribution in [2.45, 2.75) is 52.4 Å². The van der Waals surface area contributed by atoms with E-state index in [4.69, 9.17) is 0 Å². The Balaban J connectivity index is 1.16. The molecule has 258 valence electrons. The molecule has 7 rings (SSSR count). The maximum absolute atomic E-state index is 4.44. The summed E-state index contributed by atoms with van der Waals surface area (Å²) in [6.45, 7) is 21.3. The molecule has 0 aliphatic heterocycles. The summed E-state index contributed by atoms with van der Waals surface area (Å²) in [6.07, 6.45) is 19.5. The van der Waals surface area contributed by atoms with Crippen LogP contribution in [0.15, 0.2) is 147 Å². The largest absolute Gasteiger partial charge is 0.308 e. The number of benzene rings is 3. The molecule has 0 saturated heterocycles. The van der Waals surface area contributed by atoms with Crippen LogP contribution in [0.4, 0.5) is 0 Å². The van der Waals surface area contributed by atoms with Gasteiger partial charge >= 0.3 is 0 Å². The molecule has 7 aromatic rings. The average Bonchev–Trinajstić information content (AvgIpc) is 3.62. The molecule has 0 radical (unpaired) electrons. The van der Waals surface area contributed by atoms with Crippen LogP contribution in [0, 0.1) is 13.8 Å². The monoisotopic (exact) mass is 678 g/mol. The van der Waals surface area contributed by atoms with Crippen molar-refractivity contribution in [2.24, 2.45) is 0 Å². The maximum Gasteiger partial charge on any atom is 0.0720 e. The fraction of sp³-hybridized carbons (Fsp3) is 0.167. The van der Waals surface area contributed by atoms with Crippen molar-refractivity contribution >= 4 is 34.0 Å². The van der Waals surface area contributed by atoms with Gasteiger partial charge in [0.25, 0.3) is 0 Å². The summed E-state index contributed by atoms with van der Waals surface area (Å²) in [5.74, 6) is 0. The van der Waals surface area contributed by atoms with E-state index in [9.17, 15) is 0 Å². The number of fused-ring (bicyclic) bond motifs is 2. The zero-order chi connectivity index (χ0) is 36.6. The third kappa shape index (κ3) is 5.84. The summed E-state index contributed by atoms with van der Waals surface area (Å²) in [5, 5.41) is 2.41. The minimum atomic E-state index is -0.186. The first-order valence-electron chi connectivity index (χ1n) is 17.9. The van der Waals surface area contributed by atoms with Crippen LogP contribution >= 0.6 is 0 Å². The summed E-state index contributed by atoms with van der Waals surface area (Å²) < 4.78 is 4.57. The number of hydrogen-bond acceptors (Lipinski definition) is 2. The normalized spacial score (nSPS) is 12.4. The lowest BCUT2D eigenvalue weighted by Gasteiger charge is -2.30. The molecule has 0 saturated carbocycles. The van der Waals surface area contributed by atoms with Crippen molar-refractivity contribution in [3.8, 4) is 11.4 Å². The van der Waals surface area contributed by atoms with Crippen molar-refractivity contribution in [3.05, 3.63) is 192 Å². The quantitative estimate of drug-likeness (QED) is 0.135. The van der Waals surface area contributed by atoms with Crippen LogP contribution in [-0.4, -0.2) is 19.1 Å². The molecule has 0 aliphatic carbocycles. The SMILES string of the molecule is C=C/C=C\c1c(C)c2ccncc2n1-c1ccc(C(C)(C)c2ccc(C(C)(C)c3ccc(-n4c(/C=C\C=C)c(C)c5ccncc54)cc3)cc2)cc1. The highest BCUT2D eigenvalue weighted by molar-refractivity contribution is 5.90. The fourth-order valence-corrected chi connectivity index (χ4v) is 7.60. The molecule has 0 bridgehead atoms. The van der Waals surface area contributed by atoms with E-state index >= 15 is 0 Å². The molecule has 4 nitrogen and oxygen atoms in total. The lowest BCUT2D eigenvalue weighted by molar-refractivity contribution is 0.626. The van der Waals surface area contributed by atoms with E-state index in [0.717, 1.165) is 33.8 Å². The van der Waals surface area contributed by atoms with E-state index in [0.29, 0.717) is 0 Å². The van der Waals surface area contributed by atoms with Crippen molar-refractivity contribution < 1.29 is 0 Å². The minimum Gasteiger partial charge on any atom is -0.308 e. The van der Waals surface area contributed by atoms with E-state index in [-0.39, 0.29) is 10.8 Å². The van der Waals surface area contributed by atoms with Gasteiger partial charge in [0, 0.05) is 56.8 Å². The topological polar surface area (TPSA) is 35.6 Å². The predicted molar refractivity (Wildman–Crippen MR) is 221 cm³/mol. The molecule has 0 amide bonds. The molecule has 3 aromatic carbocycles. The van der Waals surface area contributed by atoms with Gasteiger partial charge in [-0.2, -0.15) is 0 Å². The van der Waals surface area contributed by atoms with Crippen molar-refractivity contribution in [2.75, 3.05) is 0 Å². The van der Waals surface area contributed by atoms with Gasteiger partial charge in [0.1, 0.15) is 0 Å². The molecule has 0 atom stereocenters. The van der Waals surface area contributed by atoms with Gasteiger partial charge in [0.15, 0.2) is 0 Å². The Hall–Kier alpha value is -6.00. The highest BCUT2D eigenvalue weighted by Crippen LogP contribution is 2.38. The number of aromatic nitrogens is 4. The Morgan fingerprint density at radius 2 is 0.827 bits per heavy atom. The van der Waals surface area contributed by atoms with Gasteiger partial charge in [0.05, 0.1) is 23.4 Å². The van der Waals surface area contributed by atoms with Crippen LogP contribution in [0.1, 0.15) is 72.5 Å². The van der Waals surface area contributed by atoms with E-state index in [2.05, 4.69) is 171 Å². The third-order valence-corrected chi connectivity index (χ3v) is 10.9. The molecule has 4 heterocycles. The lowest BCUT2D eigenvalue weighted by Crippen LogP contribution is -2.21. The van der Waals surface area contributed by atoms with Gasteiger partial charge in [-0.25, -0.2) is 0 Å². The highest BCUT2D eigenvalue weighted by atomic mass is 15.0. The van der Waals surface area contributed by atoms with E-state index in [1.54, 1.807) is 0 Å². The van der Waals surface area contributed by atoms with E-state index in [1.165, 1.54) is 44.2 Å². The smallest absolute Gasteiger partial charge is 0.0720 e. The highest BCUT2D eigenvalue weighted by Gasteiger charge is 2.27. The van der Waals surface area contributed by atoms with Crippen LogP contribution in [0.5, 0.6) is 0 Å². The van der Waals surface area contributed by atoms with Gasteiger partial charge in [-0.1, -0.05) is 114 Å². The van der Waals surface area contributed by atoms with Gasteiger partial charge < -0.3 is 9.13 Å². The summed E-state index contributed by atoms with van der Waals surface area (Å²) in [6, 6.07) is 31.3.